The molecule has 0 rings (SSSR count). The summed E-state index contributed by atoms with van der Waals surface area (Å²) in [7, 11) is 0. The quantitative estimate of drug-likeness (QED) is 0.522. The Labute approximate surface area is 54.1 Å². The van der Waals surface area contributed by atoms with Gasteiger partial charge in [-0.3, -0.25) is 0 Å². The van der Waals surface area contributed by atoms with Crippen molar-refractivity contribution in [3.05, 3.63) is 16.5 Å². The fourth-order valence-electron chi connectivity index (χ4n) is 0.218. The minimum atomic E-state index is 0.319. The van der Waals surface area contributed by atoms with Crippen molar-refractivity contribution in [3.8, 4) is 0 Å². The van der Waals surface area contributed by atoms with Crippen LogP contribution in [0.2, 0.25) is 0 Å². The molecule has 7 heavy (non-hydrogen) atoms. The Morgan fingerprint density at radius 2 is 1.71 bits per heavy atom. The van der Waals surface area contributed by atoms with Gasteiger partial charge in [0, 0.05) is 0 Å². The SMILES string of the molecule is C[C](C)C=C(Cl)Cl. The summed E-state index contributed by atoms with van der Waals surface area (Å²) >= 11 is 10.6. The molecule has 0 spiro atoms. The molecule has 0 unspecified atom stereocenters. The molecular weight excluding hydrogens is 131 g/mol. The Balaban J connectivity index is 3.45. The van der Waals surface area contributed by atoms with Crippen molar-refractivity contribution in [1.82, 2.24) is 0 Å². The maximum absolute atomic E-state index is 5.28. The van der Waals surface area contributed by atoms with Gasteiger partial charge in [0.1, 0.15) is 4.49 Å². The van der Waals surface area contributed by atoms with Gasteiger partial charge in [-0.2, -0.15) is 0 Å². The Morgan fingerprint density at radius 1 is 1.29 bits per heavy atom. The smallest absolute Gasteiger partial charge is 0.0712 e. The van der Waals surface area contributed by atoms with Gasteiger partial charge >= 0.3 is 0 Å². The van der Waals surface area contributed by atoms with Crippen molar-refractivity contribution in [2.45, 2.75) is 13.8 Å². The largest absolute Gasteiger partial charge is 0.103 e. The minimum absolute atomic E-state index is 0.319. The molecule has 0 aromatic heterocycles. The summed E-state index contributed by atoms with van der Waals surface area (Å²) in [6.45, 7) is 3.87. The van der Waals surface area contributed by atoms with Gasteiger partial charge < -0.3 is 0 Å². The molecule has 2 heteroatoms. The van der Waals surface area contributed by atoms with E-state index in [0.29, 0.717) is 4.49 Å². The minimum Gasteiger partial charge on any atom is -0.0712 e. The van der Waals surface area contributed by atoms with Crippen molar-refractivity contribution < 1.29 is 0 Å². The second kappa shape index (κ2) is 3.34. The van der Waals surface area contributed by atoms with Gasteiger partial charge in [0.15, 0.2) is 0 Å². The van der Waals surface area contributed by atoms with Gasteiger partial charge in [-0.1, -0.05) is 37.0 Å². The molecular formula is C5H7Cl2. The highest BCUT2D eigenvalue weighted by molar-refractivity contribution is 6.55. The van der Waals surface area contributed by atoms with Gasteiger partial charge in [-0.25, -0.2) is 0 Å². The molecule has 0 aliphatic rings. The van der Waals surface area contributed by atoms with E-state index in [1.54, 1.807) is 6.08 Å². The summed E-state index contributed by atoms with van der Waals surface area (Å²) in [6, 6.07) is 0. The molecule has 0 aromatic carbocycles. The summed E-state index contributed by atoms with van der Waals surface area (Å²) in [4.78, 5) is 0. The lowest BCUT2D eigenvalue weighted by molar-refractivity contribution is 1.21. The van der Waals surface area contributed by atoms with Crippen LogP contribution >= 0.6 is 23.2 Å². The van der Waals surface area contributed by atoms with Crippen LogP contribution in [0.25, 0.3) is 0 Å². The Bertz CT molecular complexity index is 70.1. The fourth-order valence-corrected chi connectivity index (χ4v) is 0.655. The van der Waals surface area contributed by atoms with Crippen LogP contribution in [0.15, 0.2) is 10.6 Å². The number of hydrogen-bond donors (Lipinski definition) is 0. The lowest BCUT2D eigenvalue weighted by atomic mass is 10.2. The third-order valence-corrected chi connectivity index (χ3v) is 0.616. The molecule has 0 atom stereocenters. The summed E-state index contributed by atoms with van der Waals surface area (Å²) in [5.41, 5.74) is 0. The van der Waals surface area contributed by atoms with Crippen LogP contribution in [-0.2, 0) is 0 Å². The molecule has 0 heterocycles. The van der Waals surface area contributed by atoms with E-state index < -0.39 is 0 Å². The third-order valence-electron chi connectivity index (χ3n) is 0.398. The summed E-state index contributed by atoms with van der Waals surface area (Å²) in [5.74, 6) is 1.11. The lowest BCUT2D eigenvalue weighted by Gasteiger charge is -1.88. The van der Waals surface area contributed by atoms with Gasteiger partial charge in [0.2, 0.25) is 0 Å². The summed E-state index contributed by atoms with van der Waals surface area (Å²) in [6.07, 6.45) is 1.70. The predicted molar refractivity (Wildman–Crippen MR) is 34.4 cm³/mol. The highest BCUT2D eigenvalue weighted by Crippen LogP contribution is 2.10. The van der Waals surface area contributed by atoms with Crippen LogP contribution in [-0.4, -0.2) is 0 Å². The third kappa shape index (κ3) is 6.32. The zero-order chi connectivity index (χ0) is 5.86. The first-order valence-electron chi connectivity index (χ1n) is 1.96. The molecule has 0 saturated heterocycles. The summed E-state index contributed by atoms with van der Waals surface area (Å²) in [5, 5.41) is 0. The molecule has 0 aliphatic carbocycles. The highest BCUT2D eigenvalue weighted by Gasteiger charge is 1.86. The van der Waals surface area contributed by atoms with Crippen LogP contribution < -0.4 is 0 Å². The van der Waals surface area contributed by atoms with E-state index in [2.05, 4.69) is 0 Å². The standard InChI is InChI=1S/C5H7Cl2/c1-4(2)3-5(6)7/h3H,1-2H3. The van der Waals surface area contributed by atoms with Crippen LogP contribution in [0.1, 0.15) is 13.8 Å². The molecule has 0 N–H and O–H groups in total. The lowest BCUT2D eigenvalue weighted by Crippen LogP contribution is -1.71. The van der Waals surface area contributed by atoms with E-state index in [0.717, 1.165) is 5.92 Å². The normalized spacial score (nSPS) is 9.29. The van der Waals surface area contributed by atoms with E-state index in [1.165, 1.54) is 0 Å². The molecule has 1 radical (unpaired) electrons. The van der Waals surface area contributed by atoms with Crippen LogP contribution in [0, 0.1) is 5.92 Å². The van der Waals surface area contributed by atoms with Crippen molar-refractivity contribution in [3.63, 3.8) is 0 Å². The number of halogens is 2. The molecule has 0 amide bonds. The Hall–Kier alpha value is 0.320. The van der Waals surface area contributed by atoms with Gasteiger partial charge in [0.25, 0.3) is 0 Å². The maximum atomic E-state index is 5.28. The van der Waals surface area contributed by atoms with Crippen molar-refractivity contribution >= 4 is 23.2 Å². The van der Waals surface area contributed by atoms with Gasteiger partial charge in [-0.15, -0.1) is 0 Å². The second-order valence-electron chi connectivity index (χ2n) is 1.51. The first-order chi connectivity index (χ1) is 3.13. The second-order valence-corrected chi connectivity index (χ2v) is 2.52. The average Bonchev–Trinajstić information content (AvgIpc) is 1.27. The predicted octanol–water partition coefficient (Wildman–Crippen LogP) is 2.92. The van der Waals surface area contributed by atoms with Gasteiger partial charge in [0.05, 0.1) is 0 Å². The van der Waals surface area contributed by atoms with Crippen molar-refractivity contribution in [2.24, 2.45) is 0 Å². The molecule has 0 bridgehead atoms. The molecule has 0 nitrogen and oxygen atoms in total. The molecule has 0 aromatic rings. The summed E-state index contributed by atoms with van der Waals surface area (Å²) < 4.78 is 0.319. The first kappa shape index (κ1) is 7.32. The van der Waals surface area contributed by atoms with E-state index in [9.17, 15) is 0 Å². The van der Waals surface area contributed by atoms with E-state index >= 15 is 0 Å². The Kier molecular flexibility index (Phi) is 3.49. The molecule has 0 aliphatic heterocycles. The molecule has 0 fully saturated rings. The number of hydrogen-bond acceptors (Lipinski definition) is 0. The van der Waals surface area contributed by atoms with Crippen molar-refractivity contribution in [1.29, 1.82) is 0 Å². The van der Waals surface area contributed by atoms with Crippen LogP contribution in [0.5, 0.6) is 0 Å². The Morgan fingerprint density at radius 3 is 1.71 bits per heavy atom. The van der Waals surface area contributed by atoms with E-state index in [1.807, 2.05) is 13.8 Å². The maximum Gasteiger partial charge on any atom is 0.103 e. The first-order valence-corrected chi connectivity index (χ1v) is 2.71. The van der Waals surface area contributed by atoms with Crippen LogP contribution in [0.3, 0.4) is 0 Å². The topological polar surface area (TPSA) is 0 Å². The molecule has 41 valence electrons. The average molecular weight is 138 g/mol. The van der Waals surface area contributed by atoms with E-state index in [4.69, 9.17) is 23.2 Å². The van der Waals surface area contributed by atoms with E-state index in [-0.39, 0.29) is 0 Å². The van der Waals surface area contributed by atoms with Crippen LogP contribution in [0.4, 0.5) is 0 Å². The zero-order valence-electron chi connectivity index (χ0n) is 4.33. The fraction of sp³-hybridized carbons (Fsp3) is 0.400. The zero-order valence-corrected chi connectivity index (χ0v) is 5.85. The number of allylic oxidation sites excluding steroid dienone is 1. The highest BCUT2D eigenvalue weighted by atomic mass is 35.5. The monoisotopic (exact) mass is 137 g/mol. The molecule has 0 saturated carbocycles. The van der Waals surface area contributed by atoms with Gasteiger partial charge in [-0.05, 0) is 12.0 Å². The van der Waals surface area contributed by atoms with Crippen molar-refractivity contribution in [2.75, 3.05) is 0 Å². The number of rotatable bonds is 1.